The number of hydrogen-bond donors (Lipinski definition) is 0. The van der Waals surface area contributed by atoms with Crippen LogP contribution in [0.2, 0.25) is 0 Å². The molecule has 0 radical (unpaired) electrons. The van der Waals surface area contributed by atoms with Crippen LogP contribution in [0, 0.1) is 0 Å². The molecule has 0 aromatic heterocycles. The van der Waals surface area contributed by atoms with Crippen molar-refractivity contribution in [1.29, 1.82) is 0 Å². The van der Waals surface area contributed by atoms with Gasteiger partial charge in [0.25, 0.3) is 0 Å². The van der Waals surface area contributed by atoms with Gasteiger partial charge in [-0.2, -0.15) is 11.8 Å². The fraction of sp³-hybridized carbons (Fsp3) is 0.130. The van der Waals surface area contributed by atoms with E-state index in [-0.39, 0.29) is 0 Å². The number of alkyl halides is 1. The van der Waals surface area contributed by atoms with Gasteiger partial charge in [-0.3, -0.25) is 0 Å². The normalized spacial score (nSPS) is 10.7. The van der Waals surface area contributed by atoms with E-state index in [0.717, 1.165) is 11.1 Å². The number of rotatable bonds is 3. The van der Waals surface area contributed by atoms with Crippen molar-refractivity contribution < 1.29 is 0 Å². The smallest absolute Gasteiger partial charge is 0.0294 e. The van der Waals surface area contributed by atoms with Gasteiger partial charge in [0.05, 0.1) is 0 Å². The Morgan fingerprint density at radius 3 is 1.67 bits per heavy atom. The van der Waals surface area contributed by atoms with Crippen LogP contribution < -0.4 is 0 Å². The van der Waals surface area contributed by atoms with Crippen LogP contribution in [-0.2, 0) is 11.1 Å². The van der Waals surface area contributed by atoms with Gasteiger partial charge in [0.1, 0.15) is 0 Å². The zero-order chi connectivity index (χ0) is 19.2. The maximum atomic E-state index is 3.67. The van der Waals surface area contributed by atoms with Gasteiger partial charge in [-0.15, -0.1) is 0 Å². The molecule has 0 fully saturated rings. The van der Waals surface area contributed by atoms with Gasteiger partial charge in [-0.1, -0.05) is 88.7 Å². The molecule has 0 nitrogen and oxygen atoms in total. The molecule has 0 amide bonds. The fourth-order valence-corrected chi connectivity index (χ4v) is 5.78. The standard InChI is InChI=1S/C12H11BrS.C11H8Br2/c1-14-8-10-7-6-9-4-2-3-5-11(9)12(10)13;12-7-9-6-5-8-3-1-2-4-10(8)11(9)13/h2-7H,8H2,1H3;1-6H,7H2. The highest BCUT2D eigenvalue weighted by atomic mass is 79.9. The Morgan fingerprint density at radius 2 is 1.15 bits per heavy atom. The van der Waals surface area contributed by atoms with Crippen LogP contribution in [-0.4, -0.2) is 6.26 Å². The summed E-state index contributed by atoms with van der Waals surface area (Å²) < 4.78 is 2.44. The van der Waals surface area contributed by atoms with Crippen molar-refractivity contribution in [2.75, 3.05) is 6.26 Å². The highest BCUT2D eigenvalue weighted by Crippen LogP contribution is 2.30. The van der Waals surface area contributed by atoms with Crippen LogP contribution in [0.3, 0.4) is 0 Å². The summed E-state index contributed by atoms with van der Waals surface area (Å²) in [4.78, 5) is 0. The number of benzene rings is 4. The van der Waals surface area contributed by atoms with Crippen LogP contribution in [0.4, 0.5) is 0 Å². The van der Waals surface area contributed by atoms with Crippen molar-refractivity contribution in [3.8, 4) is 0 Å². The molecule has 0 saturated carbocycles. The highest BCUT2D eigenvalue weighted by Gasteiger charge is 2.03. The third-order valence-electron chi connectivity index (χ3n) is 4.33. The molecular formula is C23H19Br3S. The lowest BCUT2D eigenvalue weighted by Gasteiger charge is -2.06. The van der Waals surface area contributed by atoms with Crippen molar-refractivity contribution in [3.05, 3.63) is 92.9 Å². The Hall–Kier alpha value is -0.810. The average molecular weight is 567 g/mol. The fourth-order valence-electron chi connectivity index (χ4n) is 2.93. The minimum absolute atomic E-state index is 0.887. The number of halogens is 3. The second-order valence-electron chi connectivity index (χ2n) is 6.09. The second-order valence-corrected chi connectivity index (χ2v) is 9.10. The van der Waals surface area contributed by atoms with Crippen LogP contribution in [0.15, 0.2) is 81.7 Å². The Kier molecular flexibility index (Phi) is 7.83. The molecule has 0 heterocycles. The van der Waals surface area contributed by atoms with Crippen LogP contribution in [0.25, 0.3) is 21.5 Å². The molecule has 4 heteroatoms. The highest BCUT2D eigenvalue weighted by molar-refractivity contribution is 9.11. The van der Waals surface area contributed by atoms with Crippen molar-refractivity contribution in [2.24, 2.45) is 0 Å². The van der Waals surface area contributed by atoms with E-state index in [0.29, 0.717) is 0 Å². The van der Waals surface area contributed by atoms with Crippen LogP contribution >= 0.6 is 59.6 Å². The third kappa shape index (κ3) is 4.97. The predicted molar refractivity (Wildman–Crippen MR) is 133 cm³/mol. The van der Waals surface area contributed by atoms with Gasteiger partial charge in [0.2, 0.25) is 0 Å². The lowest BCUT2D eigenvalue weighted by Crippen LogP contribution is -1.84. The Bertz CT molecular complexity index is 1060. The van der Waals surface area contributed by atoms with E-state index in [2.05, 4.69) is 127 Å². The first-order chi connectivity index (χ1) is 13.2. The van der Waals surface area contributed by atoms with Gasteiger partial charge in [-0.25, -0.2) is 0 Å². The van der Waals surface area contributed by atoms with Gasteiger partial charge in [-0.05, 0) is 70.8 Å². The van der Waals surface area contributed by atoms with Gasteiger partial charge >= 0.3 is 0 Å². The summed E-state index contributed by atoms with van der Waals surface area (Å²) in [5, 5.41) is 6.04. The summed E-state index contributed by atoms with van der Waals surface area (Å²) in [6.45, 7) is 0. The summed E-state index contributed by atoms with van der Waals surface area (Å²) in [6.07, 6.45) is 2.13. The first kappa shape index (κ1) is 20.9. The van der Waals surface area contributed by atoms with E-state index in [1.807, 2.05) is 11.8 Å². The van der Waals surface area contributed by atoms with E-state index in [9.17, 15) is 0 Å². The number of thioether (sulfide) groups is 1. The van der Waals surface area contributed by atoms with E-state index in [1.54, 1.807) is 0 Å². The molecule has 0 spiro atoms. The molecule has 0 saturated heterocycles. The maximum Gasteiger partial charge on any atom is 0.0294 e. The van der Waals surface area contributed by atoms with Crippen molar-refractivity contribution in [1.82, 2.24) is 0 Å². The summed E-state index contributed by atoms with van der Waals surface area (Å²) in [7, 11) is 0. The van der Waals surface area contributed by atoms with Crippen molar-refractivity contribution in [3.63, 3.8) is 0 Å². The molecule has 0 unspecified atom stereocenters. The zero-order valence-corrected chi connectivity index (χ0v) is 20.5. The zero-order valence-electron chi connectivity index (χ0n) is 14.9. The average Bonchev–Trinajstić information content (AvgIpc) is 2.71. The monoisotopic (exact) mass is 564 g/mol. The Balaban J connectivity index is 0.000000156. The topological polar surface area (TPSA) is 0 Å². The van der Waals surface area contributed by atoms with E-state index >= 15 is 0 Å². The summed E-state index contributed by atoms with van der Waals surface area (Å²) in [5.74, 6) is 1.06. The lowest BCUT2D eigenvalue weighted by atomic mass is 10.1. The SMILES string of the molecule is BrCc1ccc2ccccc2c1Br.CSCc1ccc2ccccc2c1Br. The minimum Gasteiger partial charge on any atom is -0.161 e. The molecule has 4 aromatic rings. The molecule has 0 aliphatic carbocycles. The number of fused-ring (bicyclic) bond motifs is 2. The van der Waals surface area contributed by atoms with Gasteiger partial charge in [0, 0.05) is 20.0 Å². The molecular weight excluding hydrogens is 548 g/mol. The van der Waals surface area contributed by atoms with Crippen LogP contribution in [0.5, 0.6) is 0 Å². The summed E-state index contributed by atoms with van der Waals surface area (Å²) in [6, 6.07) is 25.5. The molecule has 0 aliphatic heterocycles. The Labute approximate surface area is 190 Å². The predicted octanol–water partition coefficient (Wildman–Crippen LogP) is 8.96. The van der Waals surface area contributed by atoms with Gasteiger partial charge in [0.15, 0.2) is 0 Å². The van der Waals surface area contributed by atoms with Gasteiger partial charge < -0.3 is 0 Å². The van der Waals surface area contributed by atoms with Crippen molar-refractivity contribution in [2.45, 2.75) is 11.1 Å². The first-order valence-electron chi connectivity index (χ1n) is 8.53. The molecule has 0 N–H and O–H groups in total. The first-order valence-corrected chi connectivity index (χ1v) is 12.6. The molecule has 4 aromatic carbocycles. The minimum atomic E-state index is 0.887. The quantitative estimate of drug-likeness (QED) is 0.223. The largest absolute Gasteiger partial charge is 0.161 e. The van der Waals surface area contributed by atoms with E-state index < -0.39 is 0 Å². The molecule has 138 valence electrons. The van der Waals surface area contributed by atoms with Crippen LogP contribution in [0.1, 0.15) is 11.1 Å². The Morgan fingerprint density at radius 1 is 0.667 bits per heavy atom. The molecule has 0 aliphatic rings. The summed E-state index contributed by atoms with van der Waals surface area (Å²) in [5.41, 5.74) is 2.66. The maximum absolute atomic E-state index is 3.67. The third-order valence-corrected chi connectivity index (χ3v) is 7.41. The molecule has 4 rings (SSSR count). The molecule has 0 bridgehead atoms. The van der Waals surface area contributed by atoms with E-state index in [4.69, 9.17) is 0 Å². The number of hydrogen-bond acceptors (Lipinski definition) is 1. The molecule has 0 atom stereocenters. The lowest BCUT2D eigenvalue weighted by molar-refractivity contribution is 1.41. The summed E-state index contributed by atoms with van der Waals surface area (Å²) >= 11 is 12.6. The van der Waals surface area contributed by atoms with Crippen molar-refractivity contribution >= 4 is 81.1 Å². The van der Waals surface area contributed by atoms with E-state index in [1.165, 1.54) is 41.6 Å². The second kappa shape index (κ2) is 10.1. The molecule has 27 heavy (non-hydrogen) atoms.